The number of anilines is 1. The summed E-state index contributed by atoms with van der Waals surface area (Å²) in [4.78, 5) is 16.2. The van der Waals surface area contributed by atoms with Gasteiger partial charge in [0.2, 0.25) is 6.41 Å². The van der Waals surface area contributed by atoms with Crippen molar-refractivity contribution in [3.8, 4) is 0 Å². The number of hydrogen-bond donors (Lipinski definition) is 1. The summed E-state index contributed by atoms with van der Waals surface area (Å²) in [6, 6.07) is 8.59. The van der Waals surface area contributed by atoms with Crippen LogP contribution in [0.3, 0.4) is 0 Å². The van der Waals surface area contributed by atoms with E-state index in [0.717, 1.165) is 44.6 Å². The summed E-state index contributed by atoms with van der Waals surface area (Å²) in [7, 11) is 4.22. The van der Waals surface area contributed by atoms with Crippen molar-refractivity contribution >= 4 is 12.1 Å². The van der Waals surface area contributed by atoms with Crippen LogP contribution >= 0.6 is 0 Å². The molecule has 1 aromatic rings. The smallest absolute Gasteiger partial charge is 0.214 e. The van der Waals surface area contributed by atoms with Gasteiger partial charge in [-0.15, -0.1) is 0 Å². The highest BCUT2D eigenvalue weighted by Gasteiger charge is 2.16. The molecule has 4 nitrogen and oxygen atoms in total. The van der Waals surface area contributed by atoms with Gasteiger partial charge in [0.25, 0.3) is 0 Å². The molecule has 1 amide bonds. The number of carbonyl (C=O) groups excluding carboxylic acids is 1. The summed E-state index contributed by atoms with van der Waals surface area (Å²) in [5.74, 6) is 0. The lowest BCUT2D eigenvalue weighted by molar-refractivity contribution is -0.107. The number of carbonyl (C=O) groups is 1. The van der Waals surface area contributed by atoms with Crippen LogP contribution in [0.25, 0.3) is 0 Å². The van der Waals surface area contributed by atoms with Crippen LogP contribution in [0.4, 0.5) is 5.69 Å². The number of nitrogens with zero attached hydrogens (tertiary/aromatic N) is 2. The third kappa shape index (κ3) is 16.4. The zero-order chi connectivity index (χ0) is 26.3. The Morgan fingerprint density at radius 2 is 1.31 bits per heavy atom. The van der Waals surface area contributed by atoms with E-state index in [1.54, 1.807) is 0 Å². The van der Waals surface area contributed by atoms with Gasteiger partial charge in [0.15, 0.2) is 0 Å². The van der Waals surface area contributed by atoms with Gasteiger partial charge in [-0.3, -0.25) is 4.79 Å². The molecular formula is C32H59N3O. The fourth-order valence-corrected chi connectivity index (χ4v) is 5.00. The fourth-order valence-electron chi connectivity index (χ4n) is 5.00. The predicted molar refractivity (Wildman–Crippen MR) is 159 cm³/mol. The van der Waals surface area contributed by atoms with E-state index in [2.05, 4.69) is 56.4 Å². The van der Waals surface area contributed by atoms with Gasteiger partial charge in [-0.1, -0.05) is 121 Å². The van der Waals surface area contributed by atoms with Crippen LogP contribution in [0.5, 0.6) is 0 Å². The SMILES string of the molecule is CCCCCCCCCCCCCCCCCC(C)N(C=O)c1ccccc1CNCCCN(C)C. The van der Waals surface area contributed by atoms with Crippen molar-refractivity contribution in [2.45, 2.75) is 136 Å². The molecule has 0 heterocycles. The van der Waals surface area contributed by atoms with Crippen molar-refractivity contribution in [2.75, 3.05) is 32.1 Å². The van der Waals surface area contributed by atoms with Crippen LogP contribution in [0.1, 0.15) is 129 Å². The lowest BCUT2D eigenvalue weighted by Gasteiger charge is -2.27. The van der Waals surface area contributed by atoms with E-state index in [1.807, 2.05) is 11.0 Å². The van der Waals surface area contributed by atoms with Crippen LogP contribution in [-0.4, -0.2) is 44.5 Å². The number of benzene rings is 1. The zero-order valence-corrected chi connectivity index (χ0v) is 24.4. The second-order valence-electron chi connectivity index (χ2n) is 11.1. The summed E-state index contributed by atoms with van der Waals surface area (Å²) in [5, 5.41) is 3.55. The minimum Gasteiger partial charge on any atom is -0.313 e. The number of hydrogen-bond acceptors (Lipinski definition) is 3. The Hall–Kier alpha value is -1.39. The lowest BCUT2D eigenvalue weighted by atomic mass is 10.0. The summed E-state index contributed by atoms with van der Waals surface area (Å²) in [6.07, 6.45) is 24.0. The van der Waals surface area contributed by atoms with Gasteiger partial charge in [-0.05, 0) is 58.6 Å². The first-order chi connectivity index (χ1) is 17.6. The number of rotatable bonds is 25. The largest absolute Gasteiger partial charge is 0.313 e. The molecule has 1 atom stereocenters. The molecule has 0 radical (unpaired) electrons. The van der Waals surface area contributed by atoms with E-state index in [9.17, 15) is 4.79 Å². The maximum atomic E-state index is 12.0. The van der Waals surface area contributed by atoms with Crippen LogP contribution in [0.15, 0.2) is 24.3 Å². The Kier molecular flexibility index (Phi) is 20.7. The minimum atomic E-state index is 0.236. The van der Waals surface area contributed by atoms with E-state index in [0.29, 0.717) is 0 Å². The molecule has 0 spiro atoms. The van der Waals surface area contributed by atoms with Gasteiger partial charge in [0, 0.05) is 18.3 Å². The van der Waals surface area contributed by atoms with Gasteiger partial charge in [0.1, 0.15) is 0 Å². The first-order valence-electron chi connectivity index (χ1n) is 15.3. The quantitative estimate of drug-likeness (QED) is 0.108. The zero-order valence-electron chi connectivity index (χ0n) is 24.4. The third-order valence-corrected chi connectivity index (χ3v) is 7.36. The highest BCUT2D eigenvalue weighted by molar-refractivity contribution is 5.77. The molecule has 0 bridgehead atoms. The minimum absolute atomic E-state index is 0.236. The molecule has 1 rings (SSSR count). The molecule has 1 unspecified atom stereocenters. The molecule has 0 aliphatic heterocycles. The Morgan fingerprint density at radius 3 is 1.83 bits per heavy atom. The second-order valence-corrected chi connectivity index (χ2v) is 11.1. The molecule has 0 aliphatic carbocycles. The number of para-hydroxylation sites is 1. The molecule has 0 saturated heterocycles. The Morgan fingerprint density at radius 1 is 0.778 bits per heavy atom. The maximum Gasteiger partial charge on any atom is 0.214 e. The Labute approximate surface area is 224 Å². The van der Waals surface area contributed by atoms with Crippen LogP contribution < -0.4 is 10.2 Å². The molecular weight excluding hydrogens is 442 g/mol. The molecule has 0 fully saturated rings. The monoisotopic (exact) mass is 501 g/mol. The molecule has 1 aromatic carbocycles. The van der Waals surface area contributed by atoms with Gasteiger partial charge in [-0.25, -0.2) is 0 Å². The van der Waals surface area contributed by atoms with Crippen LogP contribution in [-0.2, 0) is 11.3 Å². The van der Waals surface area contributed by atoms with Crippen molar-refractivity contribution in [3.05, 3.63) is 29.8 Å². The Bertz CT molecular complexity index is 634. The standard InChI is InChI=1S/C32H59N3O/c1-5-6-7-8-9-10-11-12-13-14-15-16-17-18-19-23-30(2)35(29-36)32-25-21-20-24-31(32)28-33-26-22-27-34(3)4/h20-21,24-25,29-30,33H,5-19,22-23,26-28H2,1-4H3. The van der Waals surface area contributed by atoms with Crippen LogP contribution in [0, 0.1) is 0 Å². The number of nitrogens with one attached hydrogen (secondary N) is 1. The second kappa shape index (κ2) is 22.8. The van der Waals surface area contributed by atoms with E-state index in [-0.39, 0.29) is 6.04 Å². The maximum absolute atomic E-state index is 12.0. The molecule has 36 heavy (non-hydrogen) atoms. The summed E-state index contributed by atoms with van der Waals surface area (Å²) in [5.41, 5.74) is 2.26. The molecule has 0 saturated carbocycles. The summed E-state index contributed by atoms with van der Waals surface area (Å²) < 4.78 is 0. The van der Waals surface area contributed by atoms with Crippen molar-refractivity contribution in [2.24, 2.45) is 0 Å². The van der Waals surface area contributed by atoms with Crippen LogP contribution in [0.2, 0.25) is 0 Å². The first-order valence-corrected chi connectivity index (χ1v) is 15.3. The predicted octanol–water partition coefficient (Wildman–Crippen LogP) is 8.34. The number of amides is 1. The summed E-state index contributed by atoms with van der Waals surface area (Å²) >= 11 is 0. The molecule has 1 N–H and O–H groups in total. The topological polar surface area (TPSA) is 35.6 Å². The van der Waals surface area contributed by atoms with Gasteiger partial charge in [-0.2, -0.15) is 0 Å². The molecule has 0 aliphatic rings. The average molecular weight is 502 g/mol. The third-order valence-electron chi connectivity index (χ3n) is 7.36. The van der Waals surface area contributed by atoms with E-state index < -0.39 is 0 Å². The average Bonchev–Trinajstić information content (AvgIpc) is 2.87. The highest BCUT2D eigenvalue weighted by atomic mass is 16.1. The highest BCUT2D eigenvalue weighted by Crippen LogP contribution is 2.23. The molecule has 4 heteroatoms. The molecule has 0 aromatic heterocycles. The van der Waals surface area contributed by atoms with Gasteiger partial charge in [0.05, 0.1) is 0 Å². The fraction of sp³-hybridized carbons (Fsp3) is 0.781. The van der Waals surface area contributed by atoms with Gasteiger partial charge >= 0.3 is 0 Å². The number of unbranched alkanes of at least 4 members (excludes halogenated alkanes) is 14. The summed E-state index contributed by atoms with van der Waals surface area (Å²) in [6.45, 7) is 7.36. The normalized spacial score (nSPS) is 12.2. The van der Waals surface area contributed by atoms with E-state index in [4.69, 9.17) is 0 Å². The van der Waals surface area contributed by atoms with Gasteiger partial charge < -0.3 is 15.1 Å². The van der Waals surface area contributed by atoms with Crippen molar-refractivity contribution in [3.63, 3.8) is 0 Å². The van der Waals surface area contributed by atoms with E-state index >= 15 is 0 Å². The Balaban J connectivity index is 2.16. The van der Waals surface area contributed by atoms with Crippen molar-refractivity contribution in [1.82, 2.24) is 10.2 Å². The molecule has 208 valence electrons. The van der Waals surface area contributed by atoms with Crippen molar-refractivity contribution in [1.29, 1.82) is 0 Å². The van der Waals surface area contributed by atoms with Crippen molar-refractivity contribution < 1.29 is 4.79 Å². The van der Waals surface area contributed by atoms with E-state index in [1.165, 1.54) is 102 Å². The first kappa shape index (κ1) is 32.6. The lowest BCUT2D eigenvalue weighted by Crippen LogP contribution is -2.33.